The SMILES string of the molecule is CN(C)S(=O)(=O)c1ccc(COC(=O)C(Cc2ccccc2)NC(=O)c2ccccc2)o1. The zero-order valence-corrected chi connectivity index (χ0v) is 18.5. The summed E-state index contributed by atoms with van der Waals surface area (Å²) in [6.45, 7) is -0.270. The van der Waals surface area contributed by atoms with Crippen molar-refractivity contribution >= 4 is 21.9 Å². The van der Waals surface area contributed by atoms with Crippen molar-refractivity contribution in [3.8, 4) is 0 Å². The molecule has 0 fully saturated rings. The highest BCUT2D eigenvalue weighted by atomic mass is 32.2. The van der Waals surface area contributed by atoms with Crippen LogP contribution in [0.4, 0.5) is 0 Å². The number of carbonyl (C=O) groups is 2. The van der Waals surface area contributed by atoms with Crippen molar-refractivity contribution in [3.63, 3.8) is 0 Å². The fourth-order valence-corrected chi connectivity index (χ4v) is 3.68. The monoisotopic (exact) mass is 456 g/mol. The van der Waals surface area contributed by atoms with Crippen LogP contribution in [0.1, 0.15) is 21.7 Å². The summed E-state index contributed by atoms with van der Waals surface area (Å²) in [7, 11) is -0.949. The lowest BCUT2D eigenvalue weighted by molar-refractivity contribution is -0.147. The summed E-state index contributed by atoms with van der Waals surface area (Å²) in [5, 5.41) is 2.47. The molecule has 1 amide bonds. The van der Waals surface area contributed by atoms with E-state index in [9.17, 15) is 18.0 Å². The van der Waals surface area contributed by atoms with E-state index in [1.807, 2.05) is 30.3 Å². The van der Waals surface area contributed by atoms with Crippen LogP contribution < -0.4 is 5.32 Å². The van der Waals surface area contributed by atoms with Gasteiger partial charge in [-0.05, 0) is 29.8 Å². The van der Waals surface area contributed by atoms with E-state index in [1.54, 1.807) is 30.3 Å². The molecule has 0 bridgehead atoms. The van der Waals surface area contributed by atoms with Crippen LogP contribution in [0.25, 0.3) is 0 Å². The number of carbonyl (C=O) groups excluding carboxylic acids is 2. The van der Waals surface area contributed by atoms with Gasteiger partial charge in [0.15, 0.2) is 0 Å². The predicted octanol–water partition coefficient (Wildman–Crippen LogP) is 2.61. The van der Waals surface area contributed by atoms with Gasteiger partial charge in [-0.15, -0.1) is 0 Å². The Hall–Kier alpha value is -3.43. The highest BCUT2D eigenvalue weighted by Gasteiger charge is 2.25. The average Bonchev–Trinajstić information content (AvgIpc) is 3.28. The Balaban J connectivity index is 1.71. The molecule has 0 radical (unpaired) electrons. The summed E-state index contributed by atoms with van der Waals surface area (Å²) in [4.78, 5) is 25.4. The number of hydrogen-bond donors (Lipinski definition) is 1. The molecule has 1 unspecified atom stereocenters. The number of amides is 1. The van der Waals surface area contributed by atoms with Gasteiger partial charge in [-0.1, -0.05) is 48.5 Å². The maximum Gasteiger partial charge on any atom is 0.329 e. The summed E-state index contributed by atoms with van der Waals surface area (Å²) in [5.41, 5.74) is 1.27. The van der Waals surface area contributed by atoms with Gasteiger partial charge in [-0.25, -0.2) is 17.5 Å². The normalized spacial score (nSPS) is 12.3. The molecule has 3 aromatic rings. The Kier molecular flexibility index (Phi) is 7.45. The van der Waals surface area contributed by atoms with Crippen molar-refractivity contribution in [2.45, 2.75) is 24.2 Å². The van der Waals surface area contributed by atoms with Crippen LogP contribution in [0, 0.1) is 0 Å². The second-order valence-corrected chi connectivity index (χ2v) is 9.28. The molecule has 1 heterocycles. The molecule has 9 heteroatoms. The zero-order valence-electron chi connectivity index (χ0n) is 17.7. The highest BCUT2D eigenvalue weighted by Crippen LogP contribution is 2.18. The second kappa shape index (κ2) is 10.3. The highest BCUT2D eigenvalue weighted by molar-refractivity contribution is 7.88. The summed E-state index contributed by atoms with van der Waals surface area (Å²) in [6, 6.07) is 19.6. The zero-order chi connectivity index (χ0) is 23.1. The van der Waals surface area contributed by atoms with Crippen LogP contribution in [0.3, 0.4) is 0 Å². The number of rotatable bonds is 9. The fourth-order valence-electron chi connectivity index (χ4n) is 2.87. The number of nitrogens with one attached hydrogen (secondary N) is 1. The minimum atomic E-state index is -3.73. The van der Waals surface area contributed by atoms with Crippen molar-refractivity contribution in [2.75, 3.05) is 14.1 Å². The lowest BCUT2D eigenvalue weighted by Gasteiger charge is -2.18. The molecular formula is C23H24N2O6S. The molecule has 32 heavy (non-hydrogen) atoms. The first kappa shape index (κ1) is 23.2. The Labute approximate surface area is 186 Å². The Bertz CT molecular complexity index is 1160. The first-order chi connectivity index (χ1) is 15.3. The van der Waals surface area contributed by atoms with E-state index in [4.69, 9.17) is 9.15 Å². The van der Waals surface area contributed by atoms with Gasteiger partial charge in [0.25, 0.3) is 15.9 Å². The molecule has 1 N–H and O–H groups in total. The maximum absolute atomic E-state index is 12.8. The van der Waals surface area contributed by atoms with Gasteiger partial charge in [0.2, 0.25) is 5.09 Å². The molecule has 0 spiro atoms. The predicted molar refractivity (Wildman–Crippen MR) is 117 cm³/mol. The van der Waals surface area contributed by atoms with E-state index in [-0.39, 0.29) is 23.9 Å². The van der Waals surface area contributed by atoms with Gasteiger partial charge >= 0.3 is 5.97 Å². The van der Waals surface area contributed by atoms with Gasteiger partial charge in [-0.3, -0.25) is 4.79 Å². The summed E-state index contributed by atoms with van der Waals surface area (Å²) >= 11 is 0. The van der Waals surface area contributed by atoms with E-state index in [2.05, 4.69) is 5.32 Å². The molecule has 0 saturated carbocycles. The lowest BCUT2D eigenvalue weighted by atomic mass is 10.1. The van der Waals surface area contributed by atoms with E-state index in [1.165, 1.54) is 26.2 Å². The third-order valence-electron chi connectivity index (χ3n) is 4.64. The van der Waals surface area contributed by atoms with Crippen LogP contribution in [0.5, 0.6) is 0 Å². The number of ether oxygens (including phenoxy) is 1. The van der Waals surface area contributed by atoms with Gasteiger partial charge in [0.05, 0.1) is 0 Å². The largest absolute Gasteiger partial charge is 0.456 e. The smallest absolute Gasteiger partial charge is 0.329 e. The first-order valence-electron chi connectivity index (χ1n) is 9.85. The van der Waals surface area contributed by atoms with Crippen molar-refractivity contribution in [1.82, 2.24) is 9.62 Å². The van der Waals surface area contributed by atoms with E-state index in [0.717, 1.165) is 9.87 Å². The molecule has 1 aromatic heterocycles. The van der Waals surface area contributed by atoms with E-state index < -0.39 is 27.9 Å². The third kappa shape index (κ3) is 5.83. The molecule has 0 saturated heterocycles. The standard InChI is InChI=1S/C23H24N2O6S/c1-25(2)32(28,29)21-14-13-19(31-21)16-30-23(27)20(15-17-9-5-3-6-10-17)24-22(26)18-11-7-4-8-12-18/h3-14,20H,15-16H2,1-2H3,(H,24,26). The Morgan fingerprint density at radius 2 is 1.59 bits per heavy atom. The summed E-state index contributed by atoms with van der Waals surface area (Å²) in [5.74, 6) is -0.890. The van der Waals surface area contributed by atoms with E-state index >= 15 is 0 Å². The molecule has 3 rings (SSSR count). The molecule has 8 nitrogen and oxygen atoms in total. The van der Waals surface area contributed by atoms with Crippen LogP contribution in [0.15, 0.2) is 82.3 Å². The molecule has 168 valence electrons. The van der Waals surface area contributed by atoms with Crippen molar-refractivity contribution in [3.05, 3.63) is 89.7 Å². The molecular weight excluding hydrogens is 432 g/mol. The number of esters is 1. The van der Waals surface area contributed by atoms with Gasteiger partial charge < -0.3 is 14.5 Å². The van der Waals surface area contributed by atoms with Crippen LogP contribution in [0.2, 0.25) is 0 Å². The quantitative estimate of drug-likeness (QED) is 0.496. The third-order valence-corrected chi connectivity index (χ3v) is 6.33. The molecule has 1 atom stereocenters. The number of sulfonamides is 1. The molecule has 0 aliphatic rings. The van der Waals surface area contributed by atoms with Gasteiger partial charge in [0.1, 0.15) is 18.4 Å². The second-order valence-electron chi connectivity index (χ2n) is 7.20. The van der Waals surface area contributed by atoms with Crippen molar-refractivity contribution in [2.24, 2.45) is 0 Å². The van der Waals surface area contributed by atoms with Crippen LogP contribution in [-0.4, -0.2) is 44.7 Å². The Morgan fingerprint density at radius 3 is 2.22 bits per heavy atom. The van der Waals surface area contributed by atoms with Crippen LogP contribution >= 0.6 is 0 Å². The molecule has 0 aliphatic heterocycles. The average molecular weight is 457 g/mol. The van der Waals surface area contributed by atoms with Crippen LogP contribution in [-0.2, 0) is 32.6 Å². The van der Waals surface area contributed by atoms with Gasteiger partial charge in [-0.2, -0.15) is 0 Å². The first-order valence-corrected chi connectivity index (χ1v) is 11.3. The fraction of sp³-hybridized carbons (Fsp3) is 0.217. The van der Waals surface area contributed by atoms with Gasteiger partial charge in [0, 0.05) is 26.1 Å². The number of benzene rings is 2. The molecule has 2 aromatic carbocycles. The summed E-state index contributed by atoms with van der Waals surface area (Å²) < 4.78 is 35.9. The number of furan rings is 1. The Morgan fingerprint density at radius 1 is 0.969 bits per heavy atom. The topological polar surface area (TPSA) is 106 Å². The minimum absolute atomic E-state index is 0.173. The number of hydrogen-bond acceptors (Lipinski definition) is 6. The lowest BCUT2D eigenvalue weighted by Crippen LogP contribution is -2.43. The van der Waals surface area contributed by atoms with Crippen molar-refractivity contribution in [1.29, 1.82) is 0 Å². The number of nitrogens with zero attached hydrogens (tertiary/aromatic N) is 1. The van der Waals surface area contributed by atoms with Crippen molar-refractivity contribution < 1.29 is 27.2 Å². The molecule has 0 aliphatic carbocycles. The van der Waals surface area contributed by atoms with E-state index in [0.29, 0.717) is 5.56 Å². The maximum atomic E-state index is 12.8. The summed E-state index contributed by atoms with van der Waals surface area (Å²) in [6.07, 6.45) is 0.233. The minimum Gasteiger partial charge on any atom is -0.456 e.